The Labute approximate surface area is 142 Å². The first kappa shape index (κ1) is 16.3. The number of amides is 3. The third-order valence-electron chi connectivity index (χ3n) is 3.73. The molecule has 1 unspecified atom stereocenters. The van der Waals surface area contributed by atoms with E-state index in [4.69, 9.17) is 4.74 Å². The van der Waals surface area contributed by atoms with Crippen molar-refractivity contribution in [3.63, 3.8) is 0 Å². The van der Waals surface area contributed by atoms with Gasteiger partial charge in [0.2, 0.25) is 0 Å². The van der Waals surface area contributed by atoms with E-state index in [1.807, 2.05) is 6.92 Å². The Morgan fingerprint density at radius 3 is 3.13 bits per heavy atom. The molecule has 1 atom stereocenters. The zero-order valence-corrected chi connectivity index (χ0v) is 14.5. The van der Waals surface area contributed by atoms with Crippen LogP contribution in [-0.4, -0.2) is 76.7 Å². The third kappa shape index (κ3) is 4.05. The highest BCUT2D eigenvalue weighted by molar-refractivity contribution is 8.01. The van der Waals surface area contributed by atoms with Gasteiger partial charge in [0.15, 0.2) is 4.34 Å². The van der Waals surface area contributed by atoms with E-state index in [0.29, 0.717) is 32.8 Å². The number of fused-ring (bicyclic) bond motifs is 1. The van der Waals surface area contributed by atoms with Crippen molar-refractivity contribution in [2.75, 3.05) is 38.5 Å². The number of carbonyl (C=O) groups excluding carboxylic acids is 2. The van der Waals surface area contributed by atoms with Gasteiger partial charge >= 0.3 is 12.1 Å². The van der Waals surface area contributed by atoms with Crippen LogP contribution in [0.1, 0.15) is 11.4 Å². The van der Waals surface area contributed by atoms with E-state index in [1.54, 1.807) is 32.9 Å². The van der Waals surface area contributed by atoms with Crippen LogP contribution in [0.3, 0.4) is 0 Å². The number of thioether (sulfide) groups is 1. The quantitative estimate of drug-likeness (QED) is 0.629. The third-order valence-corrected chi connectivity index (χ3v) is 5.79. The largest absolute Gasteiger partial charge is 0.447 e. The van der Waals surface area contributed by atoms with Crippen molar-refractivity contribution in [3.05, 3.63) is 5.01 Å². The topological polar surface area (TPSA) is 87.7 Å². The van der Waals surface area contributed by atoms with Crippen LogP contribution >= 0.6 is 23.1 Å². The number of nitrogens with zero attached hydrogens (tertiary/aromatic N) is 4. The Balaban J connectivity index is 1.33. The molecule has 1 aromatic heterocycles. The van der Waals surface area contributed by atoms with Crippen LogP contribution < -0.4 is 5.32 Å². The Bertz CT molecular complexity index is 582. The molecule has 10 heteroatoms. The number of aryl methyl sites for hydroxylation is 1. The van der Waals surface area contributed by atoms with E-state index in [9.17, 15) is 9.59 Å². The maximum absolute atomic E-state index is 12.1. The molecule has 23 heavy (non-hydrogen) atoms. The Hall–Kier alpha value is -1.55. The van der Waals surface area contributed by atoms with Crippen molar-refractivity contribution in [2.24, 2.45) is 0 Å². The van der Waals surface area contributed by atoms with Crippen LogP contribution in [0.5, 0.6) is 0 Å². The fourth-order valence-electron chi connectivity index (χ4n) is 2.55. The summed E-state index contributed by atoms with van der Waals surface area (Å²) in [6.07, 6.45) is 0.610. The molecule has 2 saturated heterocycles. The van der Waals surface area contributed by atoms with Gasteiger partial charge in [0.1, 0.15) is 11.6 Å². The zero-order valence-electron chi connectivity index (χ0n) is 12.9. The molecule has 1 N–H and O–H groups in total. The second-order valence-electron chi connectivity index (χ2n) is 5.39. The first-order valence-corrected chi connectivity index (χ1v) is 9.33. The van der Waals surface area contributed by atoms with Gasteiger partial charge in [0.05, 0.1) is 6.04 Å². The number of cyclic esters (lactones) is 1. The lowest BCUT2D eigenvalue weighted by Crippen LogP contribution is -2.56. The van der Waals surface area contributed by atoms with Crippen molar-refractivity contribution in [2.45, 2.75) is 23.7 Å². The second kappa shape index (κ2) is 7.35. The predicted octanol–water partition coefficient (Wildman–Crippen LogP) is 1.17. The van der Waals surface area contributed by atoms with E-state index < -0.39 is 0 Å². The maximum atomic E-state index is 12.1. The summed E-state index contributed by atoms with van der Waals surface area (Å²) in [6, 6.07) is -0.0704. The molecule has 2 aliphatic rings. The van der Waals surface area contributed by atoms with Crippen molar-refractivity contribution in [1.82, 2.24) is 25.3 Å². The number of piperazine rings is 1. The summed E-state index contributed by atoms with van der Waals surface area (Å²) in [5, 5.41) is 11.9. The lowest BCUT2D eigenvalue weighted by Gasteiger charge is -2.35. The van der Waals surface area contributed by atoms with Gasteiger partial charge in [-0.3, -0.25) is 4.90 Å². The summed E-state index contributed by atoms with van der Waals surface area (Å²) >= 11 is 3.25. The summed E-state index contributed by atoms with van der Waals surface area (Å²) in [6.45, 7) is 4.57. The molecule has 3 heterocycles. The number of hydrogen-bond donors (Lipinski definition) is 1. The smallest absolute Gasteiger partial charge is 0.410 e. The van der Waals surface area contributed by atoms with Gasteiger partial charge in [-0.05, 0) is 13.3 Å². The molecule has 2 fully saturated rings. The van der Waals surface area contributed by atoms with Gasteiger partial charge < -0.3 is 15.0 Å². The molecule has 3 amide bonds. The average Bonchev–Trinajstić information content (AvgIpc) is 3.13. The molecule has 8 nitrogen and oxygen atoms in total. The Morgan fingerprint density at radius 2 is 2.35 bits per heavy atom. The number of carbonyl (C=O) groups is 2. The molecule has 0 aliphatic carbocycles. The van der Waals surface area contributed by atoms with Crippen LogP contribution in [-0.2, 0) is 4.74 Å². The molecule has 3 rings (SSSR count). The fourth-order valence-corrected chi connectivity index (χ4v) is 4.37. The summed E-state index contributed by atoms with van der Waals surface area (Å²) in [7, 11) is 0. The summed E-state index contributed by atoms with van der Waals surface area (Å²) in [5.74, 6) is 0.896. The van der Waals surface area contributed by atoms with Gasteiger partial charge in [-0.1, -0.05) is 23.1 Å². The average molecular weight is 357 g/mol. The van der Waals surface area contributed by atoms with Crippen LogP contribution in [0.25, 0.3) is 0 Å². The van der Waals surface area contributed by atoms with Gasteiger partial charge in [-0.2, -0.15) is 0 Å². The van der Waals surface area contributed by atoms with Gasteiger partial charge in [0, 0.05) is 31.9 Å². The Morgan fingerprint density at radius 1 is 1.48 bits per heavy atom. The number of nitrogens with one attached hydrogen (secondary N) is 1. The van der Waals surface area contributed by atoms with Crippen LogP contribution in [0.4, 0.5) is 9.59 Å². The highest BCUT2D eigenvalue weighted by Gasteiger charge is 2.38. The zero-order chi connectivity index (χ0) is 16.2. The maximum Gasteiger partial charge on any atom is 0.410 e. The number of rotatable bonds is 5. The summed E-state index contributed by atoms with van der Waals surface area (Å²) < 4.78 is 5.97. The van der Waals surface area contributed by atoms with Crippen LogP contribution in [0.15, 0.2) is 4.34 Å². The molecule has 1 aromatic rings. The van der Waals surface area contributed by atoms with E-state index in [0.717, 1.165) is 21.5 Å². The minimum Gasteiger partial charge on any atom is -0.447 e. The number of hydrogen-bond acceptors (Lipinski definition) is 7. The highest BCUT2D eigenvalue weighted by atomic mass is 32.2. The summed E-state index contributed by atoms with van der Waals surface area (Å²) in [4.78, 5) is 27.0. The van der Waals surface area contributed by atoms with Crippen molar-refractivity contribution >= 4 is 35.2 Å². The minimum atomic E-state index is -0.265. The molecular formula is C13H19N5O3S2. The first-order valence-electron chi connectivity index (χ1n) is 7.52. The van der Waals surface area contributed by atoms with E-state index in [-0.39, 0.29) is 18.2 Å². The standard InChI is InChI=1S/C13H19N5O3S2/c1-9-15-16-12(23-9)22-6-2-3-14-11(19)17-4-5-18-10(7-17)8-21-13(18)20/h10H,2-8H2,1H3,(H,14,19). The SMILES string of the molecule is Cc1nnc(SCCCNC(=O)N2CCN3C(=O)OCC3C2)s1. The van der Waals surface area contributed by atoms with Gasteiger partial charge in [0.25, 0.3) is 0 Å². The minimum absolute atomic E-state index is 0.00167. The lowest BCUT2D eigenvalue weighted by atomic mass is 10.2. The van der Waals surface area contributed by atoms with E-state index >= 15 is 0 Å². The molecule has 0 aromatic carbocycles. The van der Waals surface area contributed by atoms with Crippen molar-refractivity contribution in [3.8, 4) is 0 Å². The molecule has 0 saturated carbocycles. The first-order chi connectivity index (χ1) is 11.1. The molecule has 126 valence electrons. The number of aromatic nitrogens is 2. The predicted molar refractivity (Wildman–Crippen MR) is 86.8 cm³/mol. The van der Waals surface area contributed by atoms with Crippen LogP contribution in [0, 0.1) is 6.92 Å². The van der Waals surface area contributed by atoms with E-state index in [1.165, 1.54) is 0 Å². The van der Waals surface area contributed by atoms with Crippen molar-refractivity contribution in [1.29, 1.82) is 0 Å². The molecule has 2 aliphatic heterocycles. The second-order valence-corrected chi connectivity index (χ2v) is 7.91. The normalized spacial score (nSPS) is 20.4. The molecular weight excluding hydrogens is 338 g/mol. The highest BCUT2D eigenvalue weighted by Crippen LogP contribution is 2.22. The summed E-state index contributed by atoms with van der Waals surface area (Å²) in [5.41, 5.74) is 0. The fraction of sp³-hybridized carbons (Fsp3) is 0.692. The van der Waals surface area contributed by atoms with Gasteiger partial charge in [-0.15, -0.1) is 10.2 Å². The van der Waals surface area contributed by atoms with Crippen molar-refractivity contribution < 1.29 is 14.3 Å². The Kier molecular flexibility index (Phi) is 5.21. The van der Waals surface area contributed by atoms with E-state index in [2.05, 4.69) is 15.5 Å². The number of ether oxygens (including phenoxy) is 1. The molecule has 0 bridgehead atoms. The number of urea groups is 1. The molecule has 0 spiro atoms. The monoisotopic (exact) mass is 357 g/mol. The lowest BCUT2D eigenvalue weighted by molar-refractivity contribution is 0.127. The molecule has 0 radical (unpaired) electrons. The van der Waals surface area contributed by atoms with Gasteiger partial charge in [-0.25, -0.2) is 9.59 Å². The van der Waals surface area contributed by atoms with Crippen LogP contribution in [0.2, 0.25) is 0 Å².